The molecule has 1 aromatic heterocycles. The van der Waals surface area contributed by atoms with Crippen molar-refractivity contribution in [3.05, 3.63) is 23.7 Å². The summed E-state index contributed by atoms with van der Waals surface area (Å²) in [7, 11) is -3.29. The van der Waals surface area contributed by atoms with E-state index in [4.69, 9.17) is 10.2 Å². The smallest absolute Gasteiger partial charge is 0.287 e. The van der Waals surface area contributed by atoms with Gasteiger partial charge in [-0.2, -0.15) is 0 Å². The van der Waals surface area contributed by atoms with Crippen LogP contribution in [0.2, 0.25) is 0 Å². The highest BCUT2D eigenvalue weighted by molar-refractivity contribution is 7.88. The third-order valence-corrected chi connectivity index (χ3v) is 3.59. The standard InChI is InChI=1S/C13H23N3O4S/c1-3-4-5-10(8-14)16-13(17)12-7-6-11(20-12)9-15-21(2,18)19/h6-7,10,15H,3-5,8-9,14H2,1-2H3,(H,16,17). The Labute approximate surface area is 125 Å². The molecule has 1 unspecified atom stereocenters. The summed E-state index contributed by atoms with van der Waals surface area (Å²) >= 11 is 0. The molecule has 21 heavy (non-hydrogen) atoms. The zero-order valence-corrected chi connectivity index (χ0v) is 13.2. The number of carbonyl (C=O) groups excluding carboxylic acids is 1. The van der Waals surface area contributed by atoms with Gasteiger partial charge in [0.1, 0.15) is 5.76 Å². The molecule has 1 heterocycles. The Hall–Kier alpha value is -1.38. The van der Waals surface area contributed by atoms with Crippen LogP contribution in [0.5, 0.6) is 0 Å². The lowest BCUT2D eigenvalue weighted by Crippen LogP contribution is -2.40. The van der Waals surface area contributed by atoms with Gasteiger partial charge in [0, 0.05) is 12.6 Å². The molecule has 0 radical (unpaired) electrons. The number of furan rings is 1. The molecule has 0 bridgehead atoms. The van der Waals surface area contributed by atoms with Gasteiger partial charge in [0.25, 0.3) is 5.91 Å². The molecule has 1 aromatic rings. The average Bonchev–Trinajstić information content (AvgIpc) is 2.89. The van der Waals surface area contributed by atoms with Gasteiger partial charge in [0.15, 0.2) is 5.76 Å². The molecule has 0 aliphatic carbocycles. The highest BCUT2D eigenvalue weighted by Crippen LogP contribution is 2.09. The van der Waals surface area contributed by atoms with Crippen molar-refractivity contribution in [1.82, 2.24) is 10.0 Å². The zero-order chi connectivity index (χ0) is 15.9. The molecule has 0 saturated carbocycles. The molecule has 120 valence electrons. The number of carbonyl (C=O) groups is 1. The van der Waals surface area contributed by atoms with E-state index in [1.807, 2.05) is 0 Å². The fourth-order valence-electron chi connectivity index (χ4n) is 1.75. The largest absolute Gasteiger partial charge is 0.455 e. The maximum Gasteiger partial charge on any atom is 0.287 e. The SMILES string of the molecule is CCCCC(CN)NC(=O)c1ccc(CNS(C)(=O)=O)o1. The van der Waals surface area contributed by atoms with Crippen LogP contribution in [0.3, 0.4) is 0 Å². The van der Waals surface area contributed by atoms with Crippen LogP contribution in [0, 0.1) is 0 Å². The quantitative estimate of drug-likeness (QED) is 0.616. The van der Waals surface area contributed by atoms with E-state index < -0.39 is 10.0 Å². The van der Waals surface area contributed by atoms with E-state index >= 15 is 0 Å². The van der Waals surface area contributed by atoms with Gasteiger partial charge in [0.2, 0.25) is 10.0 Å². The summed E-state index contributed by atoms with van der Waals surface area (Å²) in [6.07, 6.45) is 3.91. The minimum absolute atomic E-state index is 0.0161. The summed E-state index contributed by atoms with van der Waals surface area (Å²) in [6.45, 7) is 2.46. The van der Waals surface area contributed by atoms with Crippen molar-refractivity contribution >= 4 is 15.9 Å². The molecule has 0 saturated heterocycles. The summed E-state index contributed by atoms with van der Waals surface area (Å²) < 4.78 is 29.6. The molecule has 0 aliphatic heterocycles. The Balaban J connectivity index is 2.56. The Morgan fingerprint density at radius 3 is 2.71 bits per heavy atom. The van der Waals surface area contributed by atoms with Gasteiger partial charge >= 0.3 is 0 Å². The molecule has 1 amide bonds. The summed E-state index contributed by atoms with van der Waals surface area (Å²) in [5, 5.41) is 2.81. The van der Waals surface area contributed by atoms with Crippen molar-refractivity contribution in [3.63, 3.8) is 0 Å². The number of nitrogens with one attached hydrogen (secondary N) is 2. The highest BCUT2D eigenvalue weighted by Gasteiger charge is 2.15. The van der Waals surface area contributed by atoms with Crippen molar-refractivity contribution in [3.8, 4) is 0 Å². The van der Waals surface area contributed by atoms with Gasteiger partial charge in [-0.25, -0.2) is 13.1 Å². The molecule has 8 heteroatoms. The molecular formula is C13H23N3O4S. The molecular weight excluding hydrogens is 294 g/mol. The molecule has 0 aliphatic rings. The van der Waals surface area contributed by atoms with E-state index in [0.29, 0.717) is 12.3 Å². The Morgan fingerprint density at radius 2 is 2.14 bits per heavy atom. The maximum absolute atomic E-state index is 12.0. The number of nitrogens with two attached hydrogens (primary N) is 1. The highest BCUT2D eigenvalue weighted by atomic mass is 32.2. The second-order valence-electron chi connectivity index (χ2n) is 4.91. The van der Waals surface area contributed by atoms with Crippen LogP contribution < -0.4 is 15.8 Å². The fourth-order valence-corrected chi connectivity index (χ4v) is 2.16. The van der Waals surface area contributed by atoms with Crippen LogP contribution in [0.25, 0.3) is 0 Å². The Morgan fingerprint density at radius 1 is 1.43 bits per heavy atom. The van der Waals surface area contributed by atoms with E-state index in [0.717, 1.165) is 25.5 Å². The first-order valence-corrected chi connectivity index (χ1v) is 8.79. The average molecular weight is 317 g/mol. The summed E-state index contributed by atoms with van der Waals surface area (Å²) in [5.41, 5.74) is 5.62. The molecule has 0 spiro atoms. The first-order chi connectivity index (χ1) is 9.85. The van der Waals surface area contributed by atoms with Crippen LogP contribution in [0.15, 0.2) is 16.5 Å². The first kappa shape index (κ1) is 17.7. The number of unbranched alkanes of at least 4 members (excludes halogenated alkanes) is 1. The van der Waals surface area contributed by atoms with Gasteiger partial charge in [-0.1, -0.05) is 19.8 Å². The first-order valence-electron chi connectivity index (χ1n) is 6.90. The maximum atomic E-state index is 12.0. The van der Waals surface area contributed by atoms with Gasteiger partial charge in [0.05, 0.1) is 12.8 Å². The lowest BCUT2D eigenvalue weighted by Gasteiger charge is -2.15. The predicted molar refractivity (Wildman–Crippen MR) is 80.2 cm³/mol. The second kappa shape index (κ2) is 8.16. The molecule has 1 atom stereocenters. The van der Waals surface area contributed by atoms with Gasteiger partial charge < -0.3 is 15.5 Å². The van der Waals surface area contributed by atoms with Crippen LogP contribution in [-0.4, -0.2) is 33.2 Å². The Bertz CT molecular complexity index is 554. The second-order valence-corrected chi connectivity index (χ2v) is 6.74. The van der Waals surface area contributed by atoms with Crippen molar-refractivity contribution < 1.29 is 17.6 Å². The third-order valence-electron chi connectivity index (χ3n) is 2.92. The van der Waals surface area contributed by atoms with E-state index in [1.54, 1.807) is 6.07 Å². The molecule has 0 fully saturated rings. The van der Waals surface area contributed by atoms with Crippen LogP contribution in [-0.2, 0) is 16.6 Å². The van der Waals surface area contributed by atoms with E-state index in [2.05, 4.69) is 17.0 Å². The summed E-state index contributed by atoms with van der Waals surface area (Å²) in [4.78, 5) is 12.0. The van der Waals surface area contributed by atoms with Crippen LogP contribution in [0.1, 0.15) is 42.5 Å². The van der Waals surface area contributed by atoms with Crippen molar-refractivity contribution in [2.45, 2.75) is 38.8 Å². The van der Waals surface area contributed by atoms with E-state index in [1.165, 1.54) is 6.07 Å². The number of hydrogen-bond donors (Lipinski definition) is 3. The molecule has 1 rings (SSSR count). The van der Waals surface area contributed by atoms with Gasteiger partial charge in [-0.3, -0.25) is 4.79 Å². The minimum atomic E-state index is -3.29. The monoisotopic (exact) mass is 317 g/mol. The zero-order valence-electron chi connectivity index (χ0n) is 12.4. The Kier molecular flexibility index (Phi) is 6.86. The number of rotatable bonds is 9. The predicted octanol–water partition coefficient (Wildman–Crippen LogP) is 0.576. The van der Waals surface area contributed by atoms with Crippen molar-refractivity contribution in [2.24, 2.45) is 5.73 Å². The van der Waals surface area contributed by atoms with Crippen molar-refractivity contribution in [2.75, 3.05) is 12.8 Å². The normalized spacial score (nSPS) is 13.1. The fraction of sp³-hybridized carbons (Fsp3) is 0.615. The third kappa shape index (κ3) is 6.74. The van der Waals surface area contributed by atoms with Gasteiger partial charge in [-0.15, -0.1) is 0 Å². The van der Waals surface area contributed by atoms with E-state index in [9.17, 15) is 13.2 Å². The lowest BCUT2D eigenvalue weighted by atomic mass is 10.1. The number of amides is 1. The number of sulfonamides is 1. The minimum Gasteiger partial charge on any atom is -0.455 e. The summed E-state index contributed by atoms with van der Waals surface area (Å²) in [5.74, 6) is 0.186. The van der Waals surface area contributed by atoms with Crippen molar-refractivity contribution in [1.29, 1.82) is 0 Å². The molecule has 7 nitrogen and oxygen atoms in total. The molecule has 4 N–H and O–H groups in total. The summed E-state index contributed by atoms with van der Waals surface area (Å²) in [6, 6.07) is 3.00. The van der Waals surface area contributed by atoms with Crippen LogP contribution in [0.4, 0.5) is 0 Å². The number of hydrogen-bond acceptors (Lipinski definition) is 5. The van der Waals surface area contributed by atoms with E-state index in [-0.39, 0.29) is 24.3 Å². The molecule has 0 aromatic carbocycles. The van der Waals surface area contributed by atoms with Crippen LogP contribution >= 0.6 is 0 Å². The van der Waals surface area contributed by atoms with Gasteiger partial charge in [-0.05, 0) is 18.6 Å². The topological polar surface area (TPSA) is 114 Å². The lowest BCUT2D eigenvalue weighted by molar-refractivity contribution is 0.0906.